The summed E-state index contributed by atoms with van der Waals surface area (Å²) in [4.78, 5) is 14.8. The first-order chi connectivity index (χ1) is 12.3. The number of anilines is 2. The molecule has 8 nitrogen and oxygen atoms in total. The van der Waals surface area contributed by atoms with Crippen LogP contribution in [0.1, 0.15) is 44.0 Å². The number of nitrogens with one attached hydrogen (secondary N) is 2. The molecule has 3 heterocycles. The molecule has 0 unspecified atom stereocenters. The van der Waals surface area contributed by atoms with Gasteiger partial charge in [-0.15, -0.1) is 0 Å². The number of rotatable bonds is 4. The number of amides is 2. The van der Waals surface area contributed by atoms with Gasteiger partial charge in [0.25, 0.3) is 0 Å². The molecule has 0 aromatic carbocycles. The zero-order valence-electron chi connectivity index (χ0n) is 16.3. The monoisotopic (exact) mass is 359 g/mol. The molecule has 2 amide bonds. The first-order valence-corrected chi connectivity index (χ1v) is 9.20. The molecule has 1 fully saturated rings. The number of carbonyl (C=O) groups excluding carboxylic acids is 1. The van der Waals surface area contributed by atoms with Crippen molar-refractivity contribution < 1.29 is 4.79 Å². The third kappa shape index (κ3) is 4.00. The number of nitrogens with zero attached hydrogens (tertiary/aromatic N) is 5. The van der Waals surface area contributed by atoms with E-state index in [2.05, 4.69) is 45.6 Å². The van der Waals surface area contributed by atoms with Crippen LogP contribution in [0.4, 0.5) is 16.3 Å². The van der Waals surface area contributed by atoms with E-state index in [1.54, 1.807) is 4.68 Å². The summed E-state index contributed by atoms with van der Waals surface area (Å²) >= 11 is 0. The first-order valence-electron chi connectivity index (χ1n) is 9.20. The van der Waals surface area contributed by atoms with Crippen molar-refractivity contribution in [3.63, 3.8) is 0 Å². The molecule has 2 N–H and O–H groups in total. The van der Waals surface area contributed by atoms with Gasteiger partial charge in [0.05, 0.1) is 17.1 Å². The van der Waals surface area contributed by atoms with Gasteiger partial charge in [-0.25, -0.2) is 4.79 Å². The lowest BCUT2D eigenvalue weighted by atomic mass is 10.1. The Labute approximate surface area is 154 Å². The van der Waals surface area contributed by atoms with Gasteiger partial charge in [0.15, 0.2) is 0 Å². The molecule has 1 aliphatic heterocycles. The number of hydrogen-bond donors (Lipinski definition) is 2. The van der Waals surface area contributed by atoms with Crippen molar-refractivity contribution in [1.82, 2.24) is 24.9 Å². The second-order valence-corrected chi connectivity index (χ2v) is 7.41. The fraction of sp³-hybridized carbons (Fsp3) is 0.611. The van der Waals surface area contributed by atoms with E-state index in [0.717, 1.165) is 48.8 Å². The Morgan fingerprint density at radius 2 is 2.08 bits per heavy atom. The van der Waals surface area contributed by atoms with Crippen LogP contribution in [0.15, 0.2) is 12.3 Å². The SMILES string of the molecule is Cc1cc(N2CCC[C@H](NC(=O)Nc3cn(C)nc3C(C)C)C2)n(C)n1. The molecule has 1 atom stereocenters. The molecule has 26 heavy (non-hydrogen) atoms. The minimum atomic E-state index is -0.173. The topological polar surface area (TPSA) is 80.0 Å². The minimum absolute atomic E-state index is 0.109. The second-order valence-electron chi connectivity index (χ2n) is 7.41. The number of hydrogen-bond acceptors (Lipinski definition) is 4. The molecule has 0 aliphatic carbocycles. The van der Waals surface area contributed by atoms with E-state index in [0.29, 0.717) is 0 Å². The van der Waals surface area contributed by atoms with Crippen LogP contribution < -0.4 is 15.5 Å². The van der Waals surface area contributed by atoms with Crippen molar-refractivity contribution in [3.8, 4) is 0 Å². The number of carbonyl (C=O) groups is 1. The van der Waals surface area contributed by atoms with E-state index in [-0.39, 0.29) is 18.0 Å². The first kappa shape index (κ1) is 18.3. The lowest BCUT2D eigenvalue weighted by molar-refractivity contribution is 0.246. The molecular formula is C18H29N7O. The van der Waals surface area contributed by atoms with E-state index >= 15 is 0 Å². The normalized spacial score (nSPS) is 17.6. The predicted molar refractivity (Wildman–Crippen MR) is 103 cm³/mol. The standard InChI is InChI=1S/C18H29N7O/c1-12(2)17-15(11-23(4)22-17)20-18(26)19-14-7-6-8-25(10-14)16-9-13(3)21-24(16)5/h9,11-12,14H,6-8,10H2,1-5H3,(H2,19,20,26)/t14-/m0/s1. The summed E-state index contributed by atoms with van der Waals surface area (Å²) in [5.41, 5.74) is 2.68. The summed E-state index contributed by atoms with van der Waals surface area (Å²) in [6, 6.07) is 2.03. The Morgan fingerprint density at radius 1 is 1.31 bits per heavy atom. The van der Waals surface area contributed by atoms with E-state index in [1.807, 2.05) is 31.9 Å². The van der Waals surface area contributed by atoms with E-state index in [1.165, 1.54) is 0 Å². The van der Waals surface area contributed by atoms with Gasteiger partial charge >= 0.3 is 6.03 Å². The Morgan fingerprint density at radius 3 is 2.73 bits per heavy atom. The molecule has 2 aromatic heterocycles. The van der Waals surface area contributed by atoms with E-state index in [9.17, 15) is 4.79 Å². The fourth-order valence-corrected chi connectivity index (χ4v) is 3.57. The molecular weight excluding hydrogens is 330 g/mol. The molecule has 0 bridgehead atoms. The van der Waals surface area contributed by atoms with Crippen molar-refractivity contribution in [2.75, 3.05) is 23.3 Å². The maximum absolute atomic E-state index is 12.5. The summed E-state index contributed by atoms with van der Waals surface area (Å²) in [6.45, 7) is 7.91. The Hall–Kier alpha value is -2.51. The van der Waals surface area contributed by atoms with Gasteiger partial charge in [0, 0.05) is 45.5 Å². The van der Waals surface area contributed by atoms with Crippen molar-refractivity contribution in [2.24, 2.45) is 14.1 Å². The third-order valence-electron chi connectivity index (χ3n) is 4.71. The van der Waals surface area contributed by atoms with Crippen molar-refractivity contribution >= 4 is 17.5 Å². The van der Waals surface area contributed by atoms with Crippen LogP contribution in [0.5, 0.6) is 0 Å². The fourth-order valence-electron chi connectivity index (χ4n) is 3.57. The molecule has 1 aliphatic rings. The van der Waals surface area contributed by atoms with Gasteiger partial charge < -0.3 is 15.5 Å². The number of urea groups is 1. The zero-order valence-corrected chi connectivity index (χ0v) is 16.3. The number of piperidine rings is 1. The van der Waals surface area contributed by atoms with E-state index in [4.69, 9.17) is 0 Å². The maximum Gasteiger partial charge on any atom is 0.319 e. The predicted octanol–water partition coefficient (Wildman–Crippen LogP) is 2.38. The van der Waals surface area contributed by atoms with Gasteiger partial charge in [0.2, 0.25) is 0 Å². The quantitative estimate of drug-likeness (QED) is 0.878. The molecule has 142 valence electrons. The molecule has 0 spiro atoms. The minimum Gasteiger partial charge on any atom is -0.355 e. The highest BCUT2D eigenvalue weighted by Crippen LogP contribution is 2.23. The molecule has 3 rings (SSSR count). The average molecular weight is 359 g/mol. The van der Waals surface area contributed by atoms with Crippen LogP contribution in [0.2, 0.25) is 0 Å². The largest absolute Gasteiger partial charge is 0.355 e. The maximum atomic E-state index is 12.5. The Balaban J connectivity index is 1.62. The summed E-state index contributed by atoms with van der Waals surface area (Å²) in [5.74, 6) is 1.36. The van der Waals surface area contributed by atoms with Gasteiger partial charge in [-0.2, -0.15) is 10.2 Å². The van der Waals surface area contributed by atoms with Crippen LogP contribution in [0.3, 0.4) is 0 Å². The van der Waals surface area contributed by atoms with Crippen molar-refractivity contribution in [3.05, 3.63) is 23.7 Å². The highest BCUT2D eigenvalue weighted by Gasteiger charge is 2.24. The van der Waals surface area contributed by atoms with E-state index < -0.39 is 0 Å². The van der Waals surface area contributed by atoms with Crippen LogP contribution in [0, 0.1) is 6.92 Å². The summed E-state index contributed by atoms with van der Waals surface area (Å²) in [5, 5.41) is 14.9. The second kappa shape index (κ2) is 7.39. The Bertz CT molecular complexity index is 777. The summed E-state index contributed by atoms with van der Waals surface area (Å²) < 4.78 is 3.64. The summed E-state index contributed by atoms with van der Waals surface area (Å²) in [7, 11) is 3.83. The van der Waals surface area contributed by atoms with Crippen LogP contribution in [-0.4, -0.2) is 44.7 Å². The lowest BCUT2D eigenvalue weighted by Crippen LogP contribution is -2.49. The molecule has 2 aromatic rings. The van der Waals surface area contributed by atoms with Gasteiger partial charge in [-0.05, 0) is 25.7 Å². The third-order valence-corrected chi connectivity index (χ3v) is 4.71. The zero-order chi connectivity index (χ0) is 18.8. The molecule has 1 saturated heterocycles. The summed E-state index contributed by atoms with van der Waals surface area (Å²) in [6.07, 6.45) is 3.87. The van der Waals surface area contributed by atoms with Crippen LogP contribution >= 0.6 is 0 Å². The molecule has 0 radical (unpaired) electrons. The number of aryl methyl sites for hydroxylation is 3. The number of aromatic nitrogens is 4. The van der Waals surface area contributed by atoms with Crippen LogP contribution in [0.25, 0.3) is 0 Å². The Kier molecular flexibility index (Phi) is 5.20. The van der Waals surface area contributed by atoms with Gasteiger partial charge in [0.1, 0.15) is 5.82 Å². The highest BCUT2D eigenvalue weighted by atomic mass is 16.2. The highest BCUT2D eigenvalue weighted by molar-refractivity contribution is 5.90. The van der Waals surface area contributed by atoms with Gasteiger partial charge in [-0.1, -0.05) is 13.8 Å². The molecule has 0 saturated carbocycles. The molecule has 8 heteroatoms. The smallest absolute Gasteiger partial charge is 0.319 e. The van der Waals surface area contributed by atoms with Crippen molar-refractivity contribution in [1.29, 1.82) is 0 Å². The average Bonchev–Trinajstić information content (AvgIpc) is 3.09. The van der Waals surface area contributed by atoms with Crippen molar-refractivity contribution in [2.45, 2.75) is 45.6 Å². The lowest BCUT2D eigenvalue weighted by Gasteiger charge is -2.34. The van der Waals surface area contributed by atoms with Gasteiger partial charge in [-0.3, -0.25) is 9.36 Å². The van der Waals surface area contributed by atoms with Crippen LogP contribution in [-0.2, 0) is 14.1 Å².